The second kappa shape index (κ2) is 9.95. The van der Waals surface area contributed by atoms with Crippen molar-refractivity contribution in [3.05, 3.63) is 23.3 Å². The Kier molecular flexibility index (Phi) is 7.92. The summed E-state index contributed by atoms with van der Waals surface area (Å²) in [5, 5.41) is 0. The van der Waals surface area contributed by atoms with Gasteiger partial charge in [-0.1, -0.05) is 6.07 Å². The van der Waals surface area contributed by atoms with Gasteiger partial charge in [0.05, 0.1) is 21.3 Å². The maximum absolute atomic E-state index is 11.6. The zero-order valence-electron chi connectivity index (χ0n) is 17.6. The molecule has 1 saturated heterocycles. The number of carbonyl (C=O) groups excluding carboxylic acids is 1. The Morgan fingerprint density at radius 2 is 1.96 bits per heavy atom. The topological polar surface area (TPSA) is 51.2 Å². The zero-order chi connectivity index (χ0) is 20.0. The quantitative estimate of drug-likeness (QED) is 0.649. The fourth-order valence-corrected chi connectivity index (χ4v) is 4.21. The van der Waals surface area contributed by atoms with Gasteiger partial charge in [-0.2, -0.15) is 0 Å². The third-order valence-electron chi connectivity index (χ3n) is 5.64. The molecule has 0 N–H and O–H groups in total. The lowest BCUT2D eigenvalue weighted by atomic mass is 9.87. The first-order valence-corrected chi connectivity index (χ1v) is 9.57. The molecule has 152 valence electrons. The summed E-state index contributed by atoms with van der Waals surface area (Å²) in [6.45, 7) is 4.86. The lowest BCUT2D eigenvalue weighted by Gasteiger charge is -2.41. The van der Waals surface area contributed by atoms with Gasteiger partial charge in [0.1, 0.15) is 11.5 Å². The summed E-state index contributed by atoms with van der Waals surface area (Å²) in [5.74, 6) is 2.06. The summed E-state index contributed by atoms with van der Waals surface area (Å²) in [6, 6.07) is 4.59. The monoisotopic (exact) mass is 378 g/mol. The first-order valence-electron chi connectivity index (χ1n) is 9.57. The molecular formula is C21H34N2O4. The summed E-state index contributed by atoms with van der Waals surface area (Å²) >= 11 is 0. The summed E-state index contributed by atoms with van der Waals surface area (Å²) in [4.78, 5) is 16.4. The standard InChI is InChI=1S/C21H34N2O4/c1-15-19(25-4)9-7-17(21(15)27-6)14-23-12-11-18(22(2)3)16(13-23)8-10-20(24)26-5/h7,9,16,18H,8,10-14H2,1-6H3/t16-,18+/m0/s1. The fraction of sp³-hybridized carbons (Fsp3) is 0.667. The third-order valence-corrected chi connectivity index (χ3v) is 5.64. The predicted molar refractivity (Wildman–Crippen MR) is 106 cm³/mol. The normalized spacial score (nSPS) is 20.6. The lowest BCUT2D eigenvalue weighted by molar-refractivity contribution is -0.141. The van der Waals surface area contributed by atoms with Crippen LogP contribution in [0.5, 0.6) is 11.5 Å². The molecule has 0 aliphatic carbocycles. The number of carbonyl (C=O) groups is 1. The molecule has 6 nitrogen and oxygen atoms in total. The van der Waals surface area contributed by atoms with Gasteiger partial charge >= 0.3 is 5.97 Å². The van der Waals surface area contributed by atoms with Crippen molar-refractivity contribution in [2.75, 3.05) is 48.5 Å². The second-order valence-electron chi connectivity index (χ2n) is 7.51. The molecule has 1 aromatic rings. The van der Waals surface area contributed by atoms with Crippen LogP contribution in [-0.4, -0.2) is 70.3 Å². The smallest absolute Gasteiger partial charge is 0.305 e. The average molecular weight is 379 g/mol. The molecule has 1 aliphatic rings. The Labute approximate surface area is 163 Å². The molecule has 1 heterocycles. The third kappa shape index (κ3) is 5.36. The zero-order valence-corrected chi connectivity index (χ0v) is 17.6. The van der Waals surface area contributed by atoms with Crippen molar-refractivity contribution in [2.24, 2.45) is 5.92 Å². The summed E-state index contributed by atoms with van der Waals surface area (Å²) in [7, 11) is 9.10. The van der Waals surface area contributed by atoms with E-state index in [-0.39, 0.29) is 5.97 Å². The molecule has 1 aromatic carbocycles. The van der Waals surface area contributed by atoms with E-state index in [4.69, 9.17) is 14.2 Å². The molecule has 0 radical (unpaired) electrons. The number of nitrogens with zero attached hydrogens (tertiary/aromatic N) is 2. The Morgan fingerprint density at radius 1 is 1.22 bits per heavy atom. The van der Waals surface area contributed by atoms with Crippen LogP contribution in [0.3, 0.4) is 0 Å². The van der Waals surface area contributed by atoms with Crippen LogP contribution in [0, 0.1) is 12.8 Å². The van der Waals surface area contributed by atoms with Gasteiger partial charge in [0.15, 0.2) is 0 Å². The lowest BCUT2D eigenvalue weighted by Crippen LogP contribution is -2.48. The van der Waals surface area contributed by atoms with E-state index in [0.717, 1.165) is 49.5 Å². The molecule has 27 heavy (non-hydrogen) atoms. The van der Waals surface area contributed by atoms with Crippen molar-refractivity contribution in [3.8, 4) is 11.5 Å². The SMILES string of the molecule is COC(=O)CC[C@H]1CN(Cc2ccc(OC)c(C)c2OC)CC[C@H]1N(C)C. The van der Waals surface area contributed by atoms with E-state index in [0.29, 0.717) is 18.4 Å². The number of benzene rings is 1. The largest absolute Gasteiger partial charge is 0.496 e. The van der Waals surface area contributed by atoms with Crippen molar-refractivity contribution in [2.45, 2.75) is 38.8 Å². The second-order valence-corrected chi connectivity index (χ2v) is 7.51. The Morgan fingerprint density at radius 3 is 2.56 bits per heavy atom. The van der Waals surface area contributed by atoms with Gasteiger partial charge in [-0.05, 0) is 52.4 Å². The average Bonchev–Trinajstić information content (AvgIpc) is 2.66. The van der Waals surface area contributed by atoms with Gasteiger partial charge in [0, 0.05) is 36.7 Å². The van der Waals surface area contributed by atoms with Crippen LogP contribution >= 0.6 is 0 Å². The molecule has 2 rings (SSSR count). The van der Waals surface area contributed by atoms with Crippen LogP contribution in [0.25, 0.3) is 0 Å². The van der Waals surface area contributed by atoms with Gasteiger partial charge in [0.2, 0.25) is 0 Å². The molecule has 0 unspecified atom stereocenters. The highest BCUT2D eigenvalue weighted by Gasteiger charge is 2.31. The van der Waals surface area contributed by atoms with Crippen LogP contribution in [-0.2, 0) is 16.1 Å². The molecule has 0 aromatic heterocycles. The van der Waals surface area contributed by atoms with Crippen LogP contribution in [0.2, 0.25) is 0 Å². The number of piperidine rings is 1. The Bertz CT molecular complexity index is 633. The van der Waals surface area contributed by atoms with E-state index in [9.17, 15) is 4.79 Å². The number of methoxy groups -OCH3 is 3. The van der Waals surface area contributed by atoms with E-state index in [1.54, 1.807) is 14.2 Å². The predicted octanol–water partition coefficient (Wildman–Crippen LogP) is 2.72. The molecule has 0 amide bonds. The van der Waals surface area contributed by atoms with Crippen LogP contribution < -0.4 is 9.47 Å². The minimum absolute atomic E-state index is 0.128. The molecule has 0 saturated carbocycles. The molecule has 1 fully saturated rings. The number of rotatable bonds is 8. The van der Waals surface area contributed by atoms with E-state index in [1.807, 2.05) is 13.0 Å². The van der Waals surface area contributed by atoms with Crippen molar-refractivity contribution >= 4 is 5.97 Å². The first-order chi connectivity index (χ1) is 12.9. The Balaban J connectivity index is 2.11. The van der Waals surface area contributed by atoms with E-state index in [2.05, 4.69) is 30.0 Å². The number of esters is 1. The first kappa shape index (κ1) is 21.5. The highest BCUT2D eigenvalue weighted by Crippen LogP contribution is 2.33. The highest BCUT2D eigenvalue weighted by molar-refractivity contribution is 5.69. The van der Waals surface area contributed by atoms with Crippen molar-refractivity contribution in [1.82, 2.24) is 9.80 Å². The summed E-state index contributed by atoms with van der Waals surface area (Å²) in [6.07, 6.45) is 2.42. The number of hydrogen-bond acceptors (Lipinski definition) is 6. The van der Waals surface area contributed by atoms with E-state index >= 15 is 0 Å². The summed E-state index contributed by atoms with van der Waals surface area (Å²) < 4.78 is 15.9. The van der Waals surface area contributed by atoms with Gasteiger partial charge in [0.25, 0.3) is 0 Å². The number of ether oxygens (including phenoxy) is 3. The van der Waals surface area contributed by atoms with Gasteiger partial charge < -0.3 is 19.1 Å². The number of hydrogen-bond donors (Lipinski definition) is 0. The van der Waals surface area contributed by atoms with Gasteiger partial charge in [-0.3, -0.25) is 9.69 Å². The van der Waals surface area contributed by atoms with E-state index in [1.165, 1.54) is 12.7 Å². The fourth-order valence-electron chi connectivity index (χ4n) is 4.21. The molecular weight excluding hydrogens is 344 g/mol. The minimum Gasteiger partial charge on any atom is -0.496 e. The molecule has 2 atom stereocenters. The van der Waals surface area contributed by atoms with E-state index < -0.39 is 0 Å². The Hall–Kier alpha value is -1.79. The van der Waals surface area contributed by atoms with Crippen molar-refractivity contribution in [1.29, 1.82) is 0 Å². The number of likely N-dealkylation sites (tertiary alicyclic amines) is 1. The molecule has 0 bridgehead atoms. The van der Waals surface area contributed by atoms with Crippen LogP contribution in [0.1, 0.15) is 30.4 Å². The maximum atomic E-state index is 11.6. The van der Waals surface area contributed by atoms with Gasteiger partial charge in [-0.25, -0.2) is 0 Å². The van der Waals surface area contributed by atoms with Crippen LogP contribution in [0.15, 0.2) is 12.1 Å². The van der Waals surface area contributed by atoms with Crippen molar-refractivity contribution < 1.29 is 19.0 Å². The maximum Gasteiger partial charge on any atom is 0.305 e. The highest BCUT2D eigenvalue weighted by atomic mass is 16.5. The van der Waals surface area contributed by atoms with Gasteiger partial charge in [-0.15, -0.1) is 0 Å². The minimum atomic E-state index is -0.128. The summed E-state index contributed by atoms with van der Waals surface area (Å²) in [5.41, 5.74) is 2.20. The van der Waals surface area contributed by atoms with Crippen LogP contribution in [0.4, 0.5) is 0 Å². The molecule has 6 heteroatoms. The molecule has 0 spiro atoms. The molecule has 1 aliphatic heterocycles. The van der Waals surface area contributed by atoms with Crippen molar-refractivity contribution in [3.63, 3.8) is 0 Å².